The summed E-state index contributed by atoms with van der Waals surface area (Å²) >= 11 is 6.02. The van der Waals surface area contributed by atoms with E-state index in [9.17, 15) is 4.21 Å². The van der Waals surface area contributed by atoms with Gasteiger partial charge in [-0.25, -0.2) is 9.67 Å². The molecule has 0 saturated carbocycles. The molecule has 0 fully saturated rings. The van der Waals surface area contributed by atoms with Crippen LogP contribution in [-0.2, 0) is 23.1 Å². The number of halogens is 1. The monoisotopic (exact) mass is 284 g/mol. The largest absolute Gasteiger partial charge is 0.398 e. The molecule has 2 rings (SSSR count). The standard InChI is InChI=1S/C11H13ClN4OS/c1-2-16-10(14-7-15-16)6-18(17)11-8(12)4-3-5-9(11)13/h3-5,7H,2,6,13H2,1H3. The molecule has 2 N–H and O–H groups in total. The van der Waals surface area contributed by atoms with Gasteiger partial charge in [-0.2, -0.15) is 5.10 Å². The van der Waals surface area contributed by atoms with E-state index in [0.717, 1.165) is 0 Å². The summed E-state index contributed by atoms with van der Waals surface area (Å²) in [5.74, 6) is 0.914. The van der Waals surface area contributed by atoms with Crippen molar-refractivity contribution in [1.82, 2.24) is 14.8 Å². The Morgan fingerprint density at radius 2 is 2.28 bits per heavy atom. The fourth-order valence-electron chi connectivity index (χ4n) is 1.62. The maximum Gasteiger partial charge on any atom is 0.139 e. The highest BCUT2D eigenvalue weighted by molar-refractivity contribution is 7.84. The lowest BCUT2D eigenvalue weighted by Crippen LogP contribution is -2.08. The van der Waals surface area contributed by atoms with Crippen molar-refractivity contribution in [3.8, 4) is 0 Å². The second-order valence-electron chi connectivity index (χ2n) is 3.64. The molecule has 0 saturated heterocycles. The van der Waals surface area contributed by atoms with E-state index in [4.69, 9.17) is 17.3 Å². The number of aromatic nitrogens is 3. The summed E-state index contributed by atoms with van der Waals surface area (Å²) in [6, 6.07) is 5.09. The topological polar surface area (TPSA) is 73.8 Å². The average molecular weight is 285 g/mol. The minimum Gasteiger partial charge on any atom is -0.398 e. The number of aryl methyl sites for hydroxylation is 1. The SMILES string of the molecule is CCn1ncnc1CS(=O)c1c(N)cccc1Cl. The molecule has 1 heterocycles. The Kier molecular flexibility index (Phi) is 3.98. The van der Waals surface area contributed by atoms with Gasteiger partial charge in [0.05, 0.1) is 26.5 Å². The molecule has 0 aliphatic heterocycles. The molecule has 0 amide bonds. The van der Waals surface area contributed by atoms with Crippen LogP contribution in [0.1, 0.15) is 12.7 Å². The third kappa shape index (κ3) is 2.54. The van der Waals surface area contributed by atoms with Crippen molar-refractivity contribution >= 4 is 28.1 Å². The molecule has 0 spiro atoms. The first kappa shape index (κ1) is 13.0. The van der Waals surface area contributed by atoms with Gasteiger partial charge in [0.15, 0.2) is 0 Å². The van der Waals surface area contributed by atoms with Crippen molar-refractivity contribution in [2.45, 2.75) is 24.1 Å². The van der Waals surface area contributed by atoms with Crippen LogP contribution in [-0.4, -0.2) is 19.0 Å². The summed E-state index contributed by atoms with van der Waals surface area (Å²) in [5, 5.41) is 4.45. The van der Waals surface area contributed by atoms with E-state index in [1.165, 1.54) is 6.33 Å². The number of hydrogen-bond donors (Lipinski definition) is 1. The molecule has 0 aliphatic carbocycles. The third-order valence-corrected chi connectivity index (χ3v) is 4.34. The maximum absolute atomic E-state index is 12.3. The zero-order valence-corrected chi connectivity index (χ0v) is 11.4. The molecule has 1 aromatic heterocycles. The second kappa shape index (κ2) is 5.49. The highest BCUT2D eigenvalue weighted by atomic mass is 35.5. The normalized spacial score (nSPS) is 12.6. The summed E-state index contributed by atoms with van der Waals surface area (Å²) < 4.78 is 14.0. The van der Waals surface area contributed by atoms with Gasteiger partial charge in [-0.3, -0.25) is 4.21 Å². The van der Waals surface area contributed by atoms with E-state index in [1.54, 1.807) is 22.9 Å². The fraction of sp³-hybridized carbons (Fsp3) is 0.273. The molecule has 1 atom stereocenters. The molecule has 18 heavy (non-hydrogen) atoms. The molecule has 2 aromatic rings. The van der Waals surface area contributed by atoms with E-state index in [0.29, 0.717) is 28.0 Å². The number of hydrogen-bond acceptors (Lipinski definition) is 4. The highest BCUT2D eigenvalue weighted by Crippen LogP contribution is 2.26. The van der Waals surface area contributed by atoms with Crippen molar-refractivity contribution in [2.75, 3.05) is 5.73 Å². The third-order valence-electron chi connectivity index (χ3n) is 2.48. The lowest BCUT2D eigenvalue weighted by Gasteiger charge is -2.08. The number of rotatable bonds is 4. The molecule has 1 unspecified atom stereocenters. The van der Waals surface area contributed by atoms with Gasteiger partial charge in [0, 0.05) is 12.2 Å². The number of anilines is 1. The zero-order valence-electron chi connectivity index (χ0n) is 9.84. The van der Waals surface area contributed by atoms with E-state index in [1.807, 2.05) is 6.92 Å². The Balaban J connectivity index is 2.28. The average Bonchev–Trinajstić information content (AvgIpc) is 2.76. The lowest BCUT2D eigenvalue weighted by molar-refractivity contribution is 0.627. The van der Waals surface area contributed by atoms with Gasteiger partial charge in [0.1, 0.15) is 12.2 Å². The smallest absolute Gasteiger partial charge is 0.139 e. The quantitative estimate of drug-likeness (QED) is 0.870. The van der Waals surface area contributed by atoms with Crippen LogP contribution in [0.4, 0.5) is 5.69 Å². The van der Waals surface area contributed by atoms with Crippen molar-refractivity contribution in [3.63, 3.8) is 0 Å². The summed E-state index contributed by atoms with van der Waals surface area (Å²) in [5.41, 5.74) is 6.24. The van der Waals surface area contributed by atoms with E-state index in [-0.39, 0.29) is 5.75 Å². The van der Waals surface area contributed by atoms with Gasteiger partial charge in [0.2, 0.25) is 0 Å². The van der Waals surface area contributed by atoms with Crippen LogP contribution >= 0.6 is 11.6 Å². The number of nitrogen functional groups attached to an aromatic ring is 1. The van der Waals surface area contributed by atoms with E-state index in [2.05, 4.69) is 10.1 Å². The number of nitrogens with zero attached hydrogens (tertiary/aromatic N) is 3. The van der Waals surface area contributed by atoms with Gasteiger partial charge < -0.3 is 5.73 Å². The molecular formula is C11H13ClN4OS. The molecule has 5 nitrogen and oxygen atoms in total. The Morgan fingerprint density at radius 3 is 2.94 bits per heavy atom. The van der Waals surface area contributed by atoms with E-state index >= 15 is 0 Å². The lowest BCUT2D eigenvalue weighted by atomic mass is 10.3. The summed E-state index contributed by atoms with van der Waals surface area (Å²) in [6.45, 7) is 2.63. The fourth-order valence-corrected chi connectivity index (χ4v) is 3.28. The second-order valence-corrected chi connectivity index (χ2v) is 5.44. The molecular weight excluding hydrogens is 272 g/mol. The number of benzene rings is 1. The van der Waals surface area contributed by atoms with Crippen molar-refractivity contribution in [3.05, 3.63) is 35.4 Å². The Hall–Kier alpha value is -1.40. The first-order valence-electron chi connectivity index (χ1n) is 5.42. The van der Waals surface area contributed by atoms with Crippen LogP contribution in [0.15, 0.2) is 29.4 Å². The molecule has 0 aliphatic rings. The van der Waals surface area contributed by atoms with Gasteiger partial charge >= 0.3 is 0 Å². The van der Waals surface area contributed by atoms with Crippen LogP contribution in [0, 0.1) is 0 Å². The first-order chi connectivity index (χ1) is 8.63. The van der Waals surface area contributed by atoms with Crippen LogP contribution in [0.25, 0.3) is 0 Å². The minimum atomic E-state index is -1.33. The van der Waals surface area contributed by atoms with E-state index < -0.39 is 10.8 Å². The summed E-state index contributed by atoms with van der Waals surface area (Å²) in [4.78, 5) is 4.55. The summed E-state index contributed by atoms with van der Waals surface area (Å²) in [6.07, 6.45) is 1.45. The maximum atomic E-state index is 12.3. The van der Waals surface area contributed by atoms with Crippen molar-refractivity contribution in [2.24, 2.45) is 0 Å². The molecule has 7 heteroatoms. The van der Waals surface area contributed by atoms with Crippen LogP contribution in [0.3, 0.4) is 0 Å². The Morgan fingerprint density at radius 1 is 1.50 bits per heavy atom. The highest BCUT2D eigenvalue weighted by Gasteiger charge is 2.15. The Labute approximate surface area is 112 Å². The van der Waals surface area contributed by atoms with Crippen molar-refractivity contribution in [1.29, 1.82) is 0 Å². The van der Waals surface area contributed by atoms with Crippen LogP contribution in [0.2, 0.25) is 5.02 Å². The minimum absolute atomic E-state index is 0.252. The van der Waals surface area contributed by atoms with Gasteiger partial charge in [-0.05, 0) is 19.1 Å². The predicted octanol–water partition coefficient (Wildman–Crippen LogP) is 1.84. The first-order valence-corrected chi connectivity index (χ1v) is 7.12. The van der Waals surface area contributed by atoms with Crippen LogP contribution in [0.5, 0.6) is 0 Å². The van der Waals surface area contributed by atoms with Crippen molar-refractivity contribution < 1.29 is 4.21 Å². The predicted molar refractivity (Wildman–Crippen MR) is 71.7 cm³/mol. The van der Waals surface area contributed by atoms with Gasteiger partial charge in [-0.15, -0.1) is 0 Å². The molecule has 1 aromatic carbocycles. The van der Waals surface area contributed by atoms with Gasteiger partial charge in [-0.1, -0.05) is 17.7 Å². The molecule has 0 bridgehead atoms. The zero-order chi connectivity index (χ0) is 13.1. The summed E-state index contributed by atoms with van der Waals surface area (Å²) in [7, 11) is -1.33. The molecule has 0 radical (unpaired) electrons. The molecule has 96 valence electrons. The Bertz CT molecular complexity index is 564. The van der Waals surface area contributed by atoms with Crippen LogP contribution < -0.4 is 5.73 Å². The van der Waals surface area contributed by atoms with Gasteiger partial charge in [0.25, 0.3) is 0 Å². The number of nitrogens with two attached hydrogens (primary N) is 1.